The molecule has 0 fully saturated rings. The van der Waals surface area contributed by atoms with Gasteiger partial charge in [0.2, 0.25) is 0 Å². The van der Waals surface area contributed by atoms with Gasteiger partial charge in [-0.2, -0.15) is 0 Å². The maximum absolute atomic E-state index is 4.42. The van der Waals surface area contributed by atoms with E-state index in [1.54, 1.807) is 23.7 Å². The van der Waals surface area contributed by atoms with Crippen molar-refractivity contribution in [1.82, 2.24) is 9.97 Å². The smallest absolute Gasteiger partial charge is 0.144 e. The Labute approximate surface area is 77.2 Å². The minimum atomic E-state index is 0.0180. The monoisotopic (exact) mass is 196 g/mol. The summed E-state index contributed by atoms with van der Waals surface area (Å²) in [6, 6.07) is 1.99. The Morgan fingerprint density at radius 3 is 3.08 bits per heavy atom. The van der Waals surface area contributed by atoms with E-state index in [2.05, 4.69) is 22.1 Å². The molecule has 1 atom stereocenters. The molecular weight excluding hydrogens is 188 g/mol. The van der Waals surface area contributed by atoms with Gasteiger partial charge >= 0.3 is 0 Å². The lowest BCUT2D eigenvalue weighted by molar-refractivity contribution is 1.27. The number of fused-ring (bicyclic) bond motifs is 1. The van der Waals surface area contributed by atoms with Crippen LogP contribution in [0.3, 0.4) is 0 Å². The van der Waals surface area contributed by atoms with E-state index in [1.807, 2.05) is 6.07 Å². The summed E-state index contributed by atoms with van der Waals surface area (Å²) in [6.07, 6.45) is 5.66. The minimum absolute atomic E-state index is 0.0180. The van der Waals surface area contributed by atoms with Crippen LogP contribution in [0.5, 0.6) is 0 Å². The number of rotatable bonds is 1. The van der Waals surface area contributed by atoms with E-state index in [9.17, 15) is 0 Å². The summed E-state index contributed by atoms with van der Waals surface area (Å²) in [5.74, 6) is 3.96. The SMILES string of the molecule is C=S(C)c1nc2cnccc2s1. The van der Waals surface area contributed by atoms with Gasteiger partial charge in [-0.25, -0.2) is 4.98 Å². The fourth-order valence-electron chi connectivity index (χ4n) is 0.908. The van der Waals surface area contributed by atoms with Gasteiger partial charge in [0.25, 0.3) is 0 Å². The van der Waals surface area contributed by atoms with E-state index in [0.717, 1.165) is 9.86 Å². The molecule has 2 aromatic heterocycles. The van der Waals surface area contributed by atoms with E-state index in [4.69, 9.17) is 0 Å². The molecule has 0 amide bonds. The van der Waals surface area contributed by atoms with Crippen molar-refractivity contribution in [2.24, 2.45) is 0 Å². The number of nitrogens with zero attached hydrogens (tertiary/aromatic N) is 2. The molecular formula is C8H8N2S2. The molecule has 0 aromatic carbocycles. The summed E-state index contributed by atoms with van der Waals surface area (Å²) in [7, 11) is 0.0180. The summed E-state index contributed by atoms with van der Waals surface area (Å²) >= 11 is 1.70. The number of thiazole rings is 1. The summed E-state index contributed by atoms with van der Waals surface area (Å²) in [6.45, 7) is 0. The van der Waals surface area contributed by atoms with Crippen molar-refractivity contribution in [3.63, 3.8) is 0 Å². The molecule has 0 N–H and O–H groups in total. The van der Waals surface area contributed by atoms with Crippen LogP contribution < -0.4 is 0 Å². The van der Waals surface area contributed by atoms with Gasteiger partial charge in [0.15, 0.2) is 0 Å². The molecule has 2 rings (SSSR count). The van der Waals surface area contributed by atoms with Crippen LogP contribution in [0.4, 0.5) is 0 Å². The lowest BCUT2D eigenvalue weighted by Gasteiger charge is -1.87. The number of aromatic nitrogens is 2. The average molecular weight is 196 g/mol. The van der Waals surface area contributed by atoms with Gasteiger partial charge in [0.05, 0.1) is 10.9 Å². The zero-order valence-corrected chi connectivity index (χ0v) is 8.28. The van der Waals surface area contributed by atoms with Crippen LogP contribution in [0.15, 0.2) is 22.8 Å². The molecule has 0 saturated heterocycles. The topological polar surface area (TPSA) is 25.8 Å². The van der Waals surface area contributed by atoms with Crippen molar-refractivity contribution in [1.29, 1.82) is 0 Å². The molecule has 0 bridgehead atoms. The highest BCUT2D eigenvalue weighted by molar-refractivity contribution is 8.14. The Hall–Kier alpha value is -0.740. The molecule has 0 radical (unpaired) electrons. The summed E-state index contributed by atoms with van der Waals surface area (Å²) in [5.41, 5.74) is 0.987. The van der Waals surface area contributed by atoms with Crippen molar-refractivity contribution in [3.8, 4) is 0 Å². The quantitative estimate of drug-likeness (QED) is 0.654. The highest BCUT2D eigenvalue weighted by atomic mass is 32.2. The second-order valence-electron chi connectivity index (χ2n) is 2.46. The van der Waals surface area contributed by atoms with Gasteiger partial charge in [0.1, 0.15) is 9.86 Å². The highest BCUT2D eigenvalue weighted by Crippen LogP contribution is 2.29. The molecule has 0 spiro atoms. The van der Waals surface area contributed by atoms with Crippen molar-refractivity contribution in [3.05, 3.63) is 18.5 Å². The Balaban J connectivity index is 2.70. The molecule has 0 aliphatic rings. The number of hydrogen-bond acceptors (Lipinski definition) is 3. The predicted octanol–water partition coefficient (Wildman–Crippen LogP) is 2.38. The first kappa shape index (κ1) is 7.89. The first-order chi connectivity index (χ1) is 5.77. The molecule has 62 valence electrons. The molecule has 4 heteroatoms. The third-order valence-electron chi connectivity index (χ3n) is 1.47. The van der Waals surface area contributed by atoms with Crippen molar-refractivity contribution >= 4 is 37.9 Å². The normalized spacial score (nSPS) is 13.4. The summed E-state index contributed by atoms with van der Waals surface area (Å²) in [5, 5.41) is 0. The van der Waals surface area contributed by atoms with Gasteiger partial charge in [-0.3, -0.25) is 4.98 Å². The Morgan fingerprint density at radius 2 is 2.42 bits per heavy atom. The molecule has 12 heavy (non-hydrogen) atoms. The van der Waals surface area contributed by atoms with Gasteiger partial charge in [-0.05, 0) is 12.3 Å². The highest BCUT2D eigenvalue weighted by Gasteiger charge is 2.01. The first-order valence-electron chi connectivity index (χ1n) is 3.43. The number of hydrogen-bond donors (Lipinski definition) is 0. The van der Waals surface area contributed by atoms with Crippen LogP contribution in [-0.2, 0) is 0 Å². The van der Waals surface area contributed by atoms with Gasteiger partial charge < -0.3 is 0 Å². The first-order valence-corrected chi connectivity index (χ1v) is 6.05. The molecule has 1 unspecified atom stereocenters. The van der Waals surface area contributed by atoms with E-state index < -0.39 is 0 Å². The second-order valence-corrected chi connectivity index (χ2v) is 5.41. The summed E-state index contributed by atoms with van der Waals surface area (Å²) < 4.78 is 2.31. The van der Waals surface area contributed by atoms with Crippen molar-refractivity contribution in [2.45, 2.75) is 4.34 Å². The Bertz CT molecular complexity index is 400. The third-order valence-corrected chi connectivity index (χ3v) is 4.09. The molecule has 2 heterocycles. The maximum Gasteiger partial charge on any atom is 0.144 e. The van der Waals surface area contributed by atoms with Crippen LogP contribution >= 0.6 is 21.8 Å². The average Bonchev–Trinajstić information content (AvgIpc) is 2.46. The van der Waals surface area contributed by atoms with Gasteiger partial charge in [0, 0.05) is 6.20 Å². The van der Waals surface area contributed by atoms with Crippen LogP contribution in [0.1, 0.15) is 0 Å². The van der Waals surface area contributed by atoms with Crippen molar-refractivity contribution < 1.29 is 0 Å². The Morgan fingerprint density at radius 1 is 1.58 bits per heavy atom. The minimum Gasteiger partial charge on any atom is -0.262 e. The fourth-order valence-corrected chi connectivity index (χ4v) is 2.66. The molecule has 2 aromatic rings. The van der Waals surface area contributed by atoms with Crippen LogP contribution in [0, 0.1) is 0 Å². The van der Waals surface area contributed by atoms with Crippen LogP contribution in [0.25, 0.3) is 10.2 Å². The van der Waals surface area contributed by atoms with Crippen LogP contribution in [-0.4, -0.2) is 22.1 Å². The van der Waals surface area contributed by atoms with Gasteiger partial charge in [-0.15, -0.1) is 21.8 Å². The zero-order valence-electron chi connectivity index (χ0n) is 6.65. The third kappa shape index (κ3) is 1.28. The summed E-state index contributed by atoms with van der Waals surface area (Å²) in [4.78, 5) is 8.43. The number of pyridine rings is 1. The van der Waals surface area contributed by atoms with E-state index in [1.165, 1.54) is 4.70 Å². The lowest BCUT2D eigenvalue weighted by atomic mass is 10.5. The van der Waals surface area contributed by atoms with E-state index in [-0.39, 0.29) is 10.5 Å². The fraction of sp³-hybridized carbons (Fsp3) is 0.125. The molecule has 2 nitrogen and oxygen atoms in total. The second kappa shape index (κ2) is 2.95. The standard InChI is InChI=1S/C8H8N2S2/c1-12(2)8-10-6-5-9-4-3-7(6)11-8/h3-5H,1H2,2H3. The lowest BCUT2D eigenvalue weighted by Crippen LogP contribution is -1.71. The largest absolute Gasteiger partial charge is 0.262 e. The van der Waals surface area contributed by atoms with E-state index >= 15 is 0 Å². The van der Waals surface area contributed by atoms with E-state index in [0.29, 0.717) is 0 Å². The molecule has 0 aliphatic carbocycles. The maximum atomic E-state index is 4.42. The zero-order chi connectivity index (χ0) is 8.55. The Kier molecular flexibility index (Phi) is 1.94. The molecule has 0 saturated carbocycles. The van der Waals surface area contributed by atoms with Gasteiger partial charge in [-0.1, -0.05) is 5.87 Å². The van der Waals surface area contributed by atoms with Crippen LogP contribution in [0.2, 0.25) is 0 Å². The van der Waals surface area contributed by atoms with Crippen molar-refractivity contribution in [2.75, 3.05) is 6.26 Å². The predicted molar refractivity (Wildman–Crippen MR) is 56.3 cm³/mol. The molecule has 0 aliphatic heterocycles.